The number of carbonyl (C=O) groups excluding carboxylic acids is 2. The Morgan fingerprint density at radius 1 is 1.24 bits per heavy atom. The van der Waals surface area contributed by atoms with Crippen LogP contribution in [0, 0.1) is 0 Å². The van der Waals surface area contributed by atoms with Crippen LogP contribution in [0.15, 0.2) is 36.9 Å². The topological polar surface area (TPSA) is 61.4 Å². The number of benzene rings is 1. The van der Waals surface area contributed by atoms with Crippen LogP contribution >= 0.6 is 0 Å². The van der Waals surface area contributed by atoms with E-state index in [-0.39, 0.29) is 18.5 Å². The molecule has 1 aliphatic heterocycles. The third kappa shape index (κ3) is 5.23. The molecule has 2 rings (SSSR count). The second kappa shape index (κ2) is 8.04. The van der Waals surface area contributed by atoms with Gasteiger partial charge in [-0.25, -0.2) is 4.79 Å². The molecule has 5 nitrogen and oxygen atoms in total. The number of halogens is 3. The van der Waals surface area contributed by atoms with E-state index >= 15 is 0 Å². The van der Waals surface area contributed by atoms with Gasteiger partial charge in [-0.05, 0) is 36.6 Å². The lowest BCUT2D eigenvalue weighted by molar-refractivity contribution is -0.137. The van der Waals surface area contributed by atoms with E-state index in [0.29, 0.717) is 18.7 Å². The molecule has 0 aliphatic carbocycles. The van der Waals surface area contributed by atoms with Gasteiger partial charge in [0.1, 0.15) is 0 Å². The summed E-state index contributed by atoms with van der Waals surface area (Å²) in [7, 11) is 0. The Morgan fingerprint density at radius 3 is 2.52 bits per heavy atom. The number of alkyl halides is 3. The van der Waals surface area contributed by atoms with Crippen LogP contribution < -0.4 is 10.6 Å². The van der Waals surface area contributed by atoms with Gasteiger partial charge >= 0.3 is 12.2 Å². The molecular formula is C17H20F3N3O2. The van der Waals surface area contributed by atoms with Crippen LogP contribution in [0.25, 0.3) is 0 Å². The molecule has 1 aromatic rings. The second-order valence-electron chi connectivity index (χ2n) is 5.79. The second-order valence-corrected chi connectivity index (χ2v) is 5.79. The normalized spacial score (nSPS) is 17.2. The van der Waals surface area contributed by atoms with Gasteiger partial charge < -0.3 is 15.5 Å². The lowest BCUT2D eigenvalue weighted by Gasteiger charge is -2.23. The highest BCUT2D eigenvalue weighted by molar-refractivity contribution is 5.87. The van der Waals surface area contributed by atoms with Crippen LogP contribution in [0.5, 0.6) is 0 Å². The van der Waals surface area contributed by atoms with Gasteiger partial charge in [0.25, 0.3) is 0 Å². The Balaban J connectivity index is 1.77. The Bertz CT molecular complexity index is 629. The molecule has 1 aromatic carbocycles. The fourth-order valence-electron chi connectivity index (χ4n) is 2.72. The SMILES string of the molecule is C=CC(=O)N1CCC[C@@H]1CNC(=O)NCc1ccc(C(F)(F)F)cc1. The molecular weight excluding hydrogens is 335 g/mol. The maximum Gasteiger partial charge on any atom is 0.416 e. The highest BCUT2D eigenvalue weighted by Crippen LogP contribution is 2.29. The fraction of sp³-hybridized carbons (Fsp3) is 0.412. The largest absolute Gasteiger partial charge is 0.416 e. The zero-order valence-electron chi connectivity index (χ0n) is 13.6. The molecule has 1 fully saturated rings. The summed E-state index contributed by atoms with van der Waals surface area (Å²) in [5.74, 6) is -0.158. The number of hydrogen-bond donors (Lipinski definition) is 2. The van der Waals surface area contributed by atoms with E-state index < -0.39 is 17.8 Å². The maximum absolute atomic E-state index is 12.5. The van der Waals surface area contributed by atoms with Crippen molar-refractivity contribution in [3.05, 3.63) is 48.0 Å². The van der Waals surface area contributed by atoms with Crippen molar-refractivity contribution in [1.29, 1.82) is 0 Å². The fourth-order valence-corrected chi connectivity index (χ4v) is 2.72. The summed E-state index contributed by atoms with van der Waals surface area (Å²) in [4.78, 5) is 25.2. The van der Waals surface area contributed by atoms with Gasteiger partial charge in [0.2, 0.25) is 5.91 Å². The molecule has 0 saturated carbocycles. The van der Waals surface area contributed by atoms with E-state index in [2.05, 4.69) is 17.2 Å². The average Bonchev–Trinajstić information content (AvgIpc) is 3.05. The average molecular weight is 355 g/mol. The third-order valence-electron chi connectivity index (χ3n) is 4.07. The van der Waals surface area contributed by atoms with E-state index in [0.717, 1.165) is 25.0 Å². The Labute approximate surface area is 143 Å². The van der Waals surface area contributed by atoms with Crippen molar-refractivity contribution < 1.29 is 22.8 Å². The summed E-state index contributed by atoms with van der Waals surface area (Å²) in [5.41, 5.74) is -0.165. The molecule has 3 amide bonds. The van der Waals surface area contributed by atoms with E-state index in [4.69, 9.17) is 0 Å². The first kappa shape index (κ1) is 18.8. The molecule has 0 bridgehead atoms. The summed E-state index contributed by atoms with van der Waals surface area (Å²) < 4.78 is 37.4. The molecule has 25 heavy (non-hydrogen) atoms. The Kier molecular flexibility index (Phi) is 6.06. The number of urea groups is 1. The minimum Gasteiger partial charge on any atom is -0.336 e. The van der Waals surface area contributed by atoms with Crippen LogP contribution in [0.1, 0.15) is 24.0 Å². The molecule has 0 spiro atoms. The monoisotopic (exact) mass is 355 g/mol. The quantitative estimate of drug-likeness (QED) is 0.798. The summed E-state index contributed by atoms with van der Waals surface area (Å²) >= 11 is 0. The van der Waals surface area contributed by atoms with Gasteiger partial charge in [0.05, 0.1) is 5.56 Å². The first-order valence-electron chi connectivity index (χ1n) is 7.92. The van der Waals surface area contributed by atoms with E-state index in [1.807, 2.05) is 0 Å². The van der Waals surface area contributed by atoms with E-state index in [1.165, 1.54) is 18.2 Å². The molecule has 1 heterocycles. The minimum atomic E-state index is -4.38. The lowest BCUT2D eigenvalue weighted by atomic mass is 10.1. The summed E-state index contributed by atoms with van der Waals surface area (Å²) in [6.07, 6.45) is -1.44. The van der Waals surface area contributed by atoms with Gasteiger partial charge in [0, 0.05) is 25.7 Å². The zero-order chi connectivity index (χ0) is 18.4. The van der Waals surface area contributed by atoms with Crippen molar-refractivity contribution in [2.45, 2.75) is 31.6 Å². The number of hydrogen-bond acceptors (Lipinski definition) is 2. The van der Waals surface area contributed by atoms with Gasteiger partial charge in [-0.2, -0.15) is 13.2 Å². The number of rotatable bonds is 5. The standard InChI is InChI=1S/C17H20F3N3O2/c1-2-15(24)23-9-3-4-14(23)11-22-16(25)21-10-12-5-7-13(8-6-12)17(18,19)20/h2,5-8,14H,1,3-4,9-11H2,(H2,21,22,25)/t14-/m1/s1. The smallest absolute Gasteiger partial charge is 0.336 e. The van der Waals surface area contributed by atoms with Crippen LogP contribution in [0.3, 0.4) is 0 Å². The van der Waals surface area contributed by atoms with E-state index in [9.17, 15) is 22.8 Å². The predicted octanol–water partition coefficient (Wildman–Crippen LogP) is 2.68. The highest BCUT2D eigenvalue weighted by atomic mass is 19.4. The van der Waals surface area contributed by atoms with Crippen LogP contribution in [-0.4, -0.2) is 36.0 Å². The van der Waals surface area contributed by atoms with Crippen molar-refractivity contribution in [2.75, 3.05) is 13.1 Å². The molecule has 1 aliphatic rings. The molecule has 136 valence electrons. The van der Waals surface area contributed by atoms with Crippen molar-refractivity contribution in [3.8, 4) is 0 Å². The first-order chi connectivity index (χ1) is 11.8. The zero-order valence-corrected chi connectivity index (χ0v) is 13.6. The number of carbonyl (C=O) groups is 2. The maximum atomic E-state index is 12.5. The predicted molar refractivity (Wildman–Crippen MR) is 86.6 cm³/mol. The summed E-state index contributed by atoms with van der Waals surface area (Å²) in [6.45, 7) is 4.53. The molecule has 1 atom stereocenters. The molecule has 1 saturated heterocycles. The van der Waals surface area contributed by atoms with Crippen molar-refractivity contribution in [3.63, 3.8) is 0 Å². The molecule has 2 N–H and O–H groups in total. The van der Waals surface area contributed by atoms with Gasteiger partial charge in [0.15, 0.2) is 0 Å². The number of amides is 3. The van der Waals surface area contributed by atoms with Crippen molar-refractivity contribution in [2.24, 2.45) is 0 Å². The molecule has 8 heteroatoms. The van der Waals surface area contributed by atoms with Crippen LogP contribution in [0.4, 0.5) is 18.0 Å². The first-order valence-corrected chi connectivity index (χ1v) is 7.92. The van der Waals surface area contributed by atoms with Crippen molar-refractivity contribution >= 4 is 11.9 Å². The number of nitrogens with one attached hydrogen (secondary N) is 2. The van der Waals surface area contributed by atoms with Crippen LogP contribution in [-0.2, 0) is 17.5 Å². The van der Waals surface area contributed by atoms with Gasteiger partial charge in [-0.1, -0.05) is 18.7 Å². The van der Waals surface area contributed by atoms with Gasteiger partial charge in [-0.3, -0.25) is 4.79 Å². The van der Waals surface area contributed by atoms with E-state index in [1.54, 1.807) is 4.90 Å². The summed E-state index contributed by atoms with van der Waals surface area (Å²) in [5, 5.41) is 5.27. The van der Waals surface area contributed by atoms with Gasteiger partial charge in [-0.15, -0.1) is 0 Å². The minimum absolute atomic E-state index is 0.0673. The number of likely N-dealkylation sites (tertiary alicyclic amines) is 1. The lowest BCUT2D eigenvalue weighted by Crippen LogP contribution is -2.45. The molecule has 0 radical (unpaired) electrons. The number of nitrogens with zero attached hydrogens (tertiary/aromatic N) is 1. The third-order valence-corrected chi connectivity index (χ3v) is 4.07. The summed E-state index contributed by atoms with van der Waals surface area (Å²) in [6, 6.07) is 4.10. The molecule has 0 unspecified atom stereocenters. The van der Waals surface area contributed by atoms with Crippen molar-refractivity contribution in [1.82, 2.24) is 15.5 Å². The van der Waals surface area contributed by atoms with Crippen LogP contribution in [0.2, 0.25) is 0 Å². The molecule has 0 aromatic heterocycles. The Hall–Kier alpha value is -2.51. The Morgan fingerprint density at radius 2 is 1.92 bits per heavy atom. The highest BCUT2D eigenvalue weighted by Gasteiger charge is 2.30.